The van der Waals surface area contributed by atoms with Crippen LogP contribution in [-0.4, -0.2) is 24.2 Å². The SMILES string of the molecule is CCOc1ccc(/C=C\C(=O)NCCc2ccc(O)cc2)cc1N. The normalized spacial score (nSPS) is 10.7. The largest absolute Gasteiger partial charge is 0.508 e. The summed E-state index contributed by atoms with van der Waals surface area (Å²) >= 11 is 0. The van der Waals surface area contributed by atoms with Crippen LogP contribution in [0.1, 0.15) is 18.1 Å². The number of carbonyl (C=O) groups excluding carboxylic acids is 1. The number of aromatic hydroxyl groups is 1. The lowest BCUT2D eigenvalue weighted by Gasteiger charge is -2.07. The number of amides is 1. The van der Waals surface area contributed by atoms with Gasteiger partial charge < -0.3 is 20.9 Å². The van der Waals surface area contributed by atoms with Crippen LogP contribution in [0.15, 0.2) is 48.5 Å². The van der Waals surface area contributed by atoms with Gasteiger partial charge in [0.2, 0.25) is 5.91 Å². The molecule has 0 aliphatic heterocycles. The molecule has 0 saturated heterocycles. The summed E-state index contributed by atoms with van der Waals surface area (Å²) in [7, 11) is 0. The van der Waals surface area contributed by atoms with Gasteiger partial charge in [0.1, 0.15) is 11.5 Å². The molecule has 0 saturated carbocycles. The Balaban J connectivity index is 1.82. The summed E-state index contributed by atoms with van der Waals surface area (Å²) < 4.78 is 5.38. The van der Waals surface area contributed by atoms with Crippen LogP contribution >= 0.6 is 0 Å². The summed E-state index contributed by atoms with van der Waals surface area (Å²) in [5.41, 5.74) is 8.33. The number of nitrogens with one attached hydrogen (secondary N) is 1. The highest BCUT2D eigenvalue weighted by Crippen LogP contribution is 2.23. The Morgan fingerprint density at radius 2 is 2.00 bits per heavy atom. The van der Waals surface area contributed by atoms with E-state index in [1.807, 2.05) is 25.1 Å². The molecule has 2 aromatic rings. The lowest BCUT2D eigenvalue weighted by molar-refractivity contribution is -0.116. The fourth-order valence-corrected chi connectivity index (χ4v) is 2.18. The number of nitrogens with two attached hydrogens (primary N) is 1. The maximum Gasteiger partial charge on any atom is 0.244 e. The first-order valence-electron chi connectivity index (χ1n) is 7.84. The maximum atomic E-state index is 11.8. The standard InChI is InChI=1S/C19H22N2O3/c1-2-24-18-9-5-15(13-17(18)20)6-10-19(23)21-12-11-14-3-7-16(22)8-4-14/h3-10,13,22H,2,11-12,20H2,1H3,(H,21,23)/b10-6-. The number of hydrogen-bond acceptors (Lipinski definition) is 4. The van der Waals surface area contributed by atoms with Crippen molar-refractivity contribution in [1.29, 1.82) is 0 Å². The fraction of sp³-hybridized carbons (Fsp3) is 0.211. The van der Waals surface area contributed by atoms with Gasteiger partial charge in [-0.05, 0) is 54.8 Å². The van der Waals surface area contributed by atoms with E-state index in [4.69, 9.17) is 10.5 Å². The highest BCUT2D eigenvalue weighted by atomic mass is 16.5. The maximum absolute atomic E-state index is 11.8. The zero-order valence-corrected chi connectivity index (χ0v) is 13.7. The molecule has 1 amide bonds. The first kappa shape index (κ1) is 17.4. The number of nitrogen functional groups attached to an aromatic ring is 1. The van der Waals surface area contributed by atoms with Crippen molar-refractivity contribution in [3.63, 3.8) is 0 Å². The van der Waals surface area contributed by atoms with Gasteiger partial charge >= 0.3 is 0 Å². The molecule has 4 N–H and O–H groups in total. The molecule has 0 aliphatic rings. The zero-order valence-electron chi connectivity index (χ0n) is 13.7. The molecule has 0 unspecified atom stereocenters. The third-order valence-electron chi connectivity index (χ3n) is 3.41. The highest BCUT2D eigenvalue weighted by Gasteiger charge is 2.01. The van der Waals surface area contributed by atoms with E-state index in [0.717, 1.165) is 11.1 Å². The molecule has 2 aromatic carbocycles. The molecule has 24 heavy (non-hydrogen) atoms. The van der Waals surface area contributed by atoms with E-state index in [1.54, 1.807) is 30.3 Å². The summed E-state index contributed by atoms with van der Waals surface area (Å²) in [6.45, 7) is 2.98. The van der Waals surface area contributed by atoms with Crippen molar-refractivity contribution in [2.45, 2.75) is 13.3 Å². The summed E-state index contributed by atoms with van der Waals surface area (Å²) in [5, 5.41) is 12.0. The first-order valence-corrected chi connectivity index (χ1v) is 7.84. The van der Waals surface area contributed by atoms with Crippen LogP contribution in [0, 0.1) is 0 Å². The monoisotopic (exact) mass is 326 g/mol. The molecule has 0 radical (unpaired) electrons. The average molecular weight is 326 g/mol. The Morgan fingerprint density at radius 3 is 2.67 bits per heavy atom. The van der Waals surface area contributed by atoms with Crippen LogP contribution in [0.5, 0.6) is 11.5 Å². The van der Waals surface area contributed by atoms with Gasteiger partial charge in [0, 0.05) is 12.6 Å². The molecule has 5 heteroatoms. The highest BCUT2D eigenvalue weighted by molar-refractivity contribution is 5.91. The molecule has 126 valence electrons. The Hall–Kier alpha value is -2.95. The number of ether oxygens (including phenoxy) is 1. The van der Waals surface area contributed by atoms with Gasteiger partial charge in [0.15, 0.2) is 0 Å². The number of hydrogen-bond donors (Lipinski definition) is 3. The van der Waals surface area contributed by atoms with Gasteiger partial charge in [-0.15, -0.1) is 0 Å². The van der Waals surface area contributed by atoms with Crippen LogP contribution in [-0.2, 0) is 11.2 Å². The molecule has 0 spiro atoms. The first-order chi connectivity index (χ1) is 11.6. The topological polar surface area (TPSA) is 84.6 Å². The number of carbonyl (C=O) groups is 1. The lowest BCUT2D eigenvalue weighted by Crippen LogP contribution is -2.23. The molecule has 5 nitrogen and oxygen atoms in total. The molecule has 0 aliphatic carbocycles. The molecule has 0 atom stereocenters. The van der Waals surface area contributed by atoms with Gasteiger partial charge in [-0.25, -0.2) is 0 Å². The Kier molecular flexibility index (Phi) is 6.25. The molecule has 0 bridgehead atoms. The number of rotatable bonds is 7. The number of anilines is 1. The molecular formula is C19H22N2O3. The molecular weight excluding hydrogens is 304 g/mol. The van der Waals surface area contributed by atoms with Crippen molar-refractivity contribution in [2.75, 3.05) is 18.9 Å². The predicted octanol–water partition coefficient (Wildman–Crippen LogP) is 2.75. The van der Waals surface area contributed by atoms with E-state index in [2.05, 4.69) is 5.32 Å². The van der Waals surface area contributed by atoms with Gasteiger partial charge in [-0.3, -0.25) is 4.79 Å². The summed E-state index contributed by atoms with van der Waals surface area (Å²) in [4.78, 5) is 11.8. The van der Waals surface area contributed by atoms with Gasteiger partial charge in [-0.1, -0.05) is 18.2 Å². The van der Waals surface area contributed by atoms with Gasteiger partial charge in [0.05, 0.1) is 12.3 Å². The summed E-state index contributed by atoms with van der Waals surface area (Å²) in [6, 6.07) is 12.3. The van der Waals surface area contributed by atoms with Crippen molar-refractivity contribution >= 4 is 17.7 Å². The van der Waals surface area contributed by atoms with E-state index in [9.17, 15) is 9.90 Å². The Morgan fingerprint density at radius 1 is 1.25 bits per heavy atom. The minimum absolute atomic E-state index is 0.166. The van der Waals surface area contributed by atoms with Crippen LogP contribution in [0.2, 0.25) is 0 Å². The van der Waals surface area contributed by atoms with Crippen molar-refractivity contribution in [1.82, 2.24) is 5.32 Å². The zero-order chi connectivity index (χ0) is 17.4. The van der Waals surface area contributed by atoms with E-state index in [1.165, 1.54) is 6.08 Å². The van der Waals surface area contributed by atoms with E-state index >= 15 is 0 Å². The minimum Gasteiger partial charge on any atom is -0.508 e. The average Bonchev–Trinajstić information content (AvgIpc) is 2.57. The third-order valence-corrected chi connectivity index (χ3v) is 3.41. The lowest BCUT2D eigenvalue weighted by atomic mass is 10.1. The Bertz CT molecular complexity index is 709. The third kappa shape index (κ3) is 5.35. The van der Waals surface area contributed by atoms with Crippen LogP contribution in [0.25, 0.3) is 6.08 Å². The molecule has 0 heterocycles. The number of phenols is 1. The van der Waals surface area contributed by atoms with Crippen molar-refractivity contribution in [2.24, 2.45) is 0 Å². The molecule has 0 aromatic heterocycles. The predicted molar refractivity (Wildman–Crippen MR) is 95.9 cm³/mol. The van der Waals surface area contributed by atoms with E-state index in [-0.39, 0.29) is 11.7 Å². The van der Waals surface area contributed by atoms with E-state index in [0.29, 0.717) is 31.0 Å². The summed E-state index contributed by atoms with van der Waals surface area (Å²) in [5.74, 6) is 0.717. The van der Waals surface area contributed by atoms with Crippen molar-refractivity contribution < 1.29 is 14.6 Å². The van der Waals surface area contributed by atoms with Crippen LogP contribution < -0.4 is 15.8 Å². The van der Waals surface area contributed by atoms with Crippen LogP contribution in [0.3, 0.4) is 0 Å². The Labute approximate surface area is 141 Å². The second-order valence-corrected chi connectivity index (χ2v) is 5.27. The van der Waals surface area contributed by atoms with Gasteiger partial charge in [0.25, 0.3) is 0 Å². The number of phenolic OH excluding ortho intramolecular Hbond substituents is 1. The molecule has 0 fully saturated rings. The number of benzene rings is 2. The quantitative estimate of drug-likeness (QED) is 0.539. The summed E-state index contributed by atoms with van der Waals surface area (Å²) in [6.07, 6.45) is 3.89. The second-order valence-electron chi connectivity index (χ2n) is 5.27. The fourth-order valence-electron chi connectivity index (χ4n) is 2.18. The van der Waals surface area contributed by atoms with E-state index < -0.39 is 0 Å². The van der Waals surface area contributed by atoms with Crippen molar-refractivity contribution in [3.05, 3.63) is 59.7 Å². The minimum atomic E-state index is -0.166. The van der Waals surface area contributed by atoms with Crippen LogP contribution in [0.4, 0.5) is 5.69 Å². The molecule has 2 rings (SSSR count). The second kappa shape index (κ2) is 8.62. The van der Waals surface area contributed by atoms with Gasteiger partial charge in [-0.2, -0.15) is 0 Å². The van der Waals surface area contributed by atoms with Crippen molar-refractivity contribution in [3.8, 4) is 11.5 Å². The smallest absolute Gasteiger partial charge is 0.244 e.